The van der Waals surface area contributed by atoms with E-state index in [1.54, 1.807) is 80.6 Å². The number of rotatable bonds is 10. The minimum atomic E-state index is -0.927. The van der Waals surface area contributed by atoms with E-state index in [2.05, 4.69) is 4.99 Å². The molecule has 0 aliphatic carbocycles. The Labute approximate surface area is 305 Å². The number of benzene rings is 3. The topological polar surface area (TPSA) is 92.3 Å². The molecule has 1 aliphatic rings. The van der Waals surface area contributed by atoms with Crippen molar-refractivity contribution in [3.8, 4) is 22.8 Å². The lowest BCUT2D eigenvalue weighted by Crippen LogP contribution is -2.39. The molecule has 0 spiro atoms. The van der Waals surface area contributed by atoms with Crippen LogP contribution in [0.2, 0.25) is 20.1 Å². The zero-order valence-electron chi connectivity index (χ0n) is 26.4. The minimum absolute atomic E-state index is 0.147. The average Bonchev–Trinajstić information content (AvgIpc) is 3.67. The number of ether oxygens (including phenoxy) is 3. The molecule has 2 aromatic heterocycles. The molecule has 5 aromatic rings. The van der Waals surface area contributed by atoms with Gasteiger partial charge in [-0.1, -0.05) is 69.9 Å². The van der Waals surface area contributed by atoms with Crippen molar-refractivity contribution < 1.29 is 23.4 Å². The van der Waals surface area contributed by atoms with Gasteiger partial charge in [-0.3, -0.25) is 9.36 Å². The van der Waals surface area contributed by atoms with E-state index in [1.807, 2.05) is 13.0 Å². The zero-order chi connectivity index (χ0) is 34.8. The SMILES string of the molecule is CCOC(=O)C1=C(C)N=c2s/c(=C\c3ccc(OCc4ccc(Cl)cc4Cl)c(OCC)c3)c(=O)n2[C@H]1c1ccc(-c2ccc(Cl)c(Cl)c2)o1. The number of halogens is 4. The van der Waals surface area contributed by atoms with Gasteiger partial charge in [0.2, 0.25) is 0 Å². The maximum absolute atomic E-state index is 14.1. The third kappa shape index (κ3) is 7.32. The normalized spacial score (nSPS) is 14.4. The number of allylic oxidation sites excluding steroid dienone is 1. The highest BCUT2D eigenvalue weighted by atomic mass is 35.5. The smallest absolute Gasteiger partial charge is 0.338 e. The number of carbonyl (C=O) groups is 1. The van der Waals surface area contributed by atoms with Gasteiger partial charge in [0, 0.05) is 21.2 Å². The van der Waals surface area contributed by atoms with Crippen molar-refractivity contribution in [2.24, 2.45) is 4.99 Å². The van der Waals surface area contributed by atoms with Crippen LogP contribution in [0.5, 0.6) is 11.5 Å². The molecule has 0 saturated carbocycles. The molecule has 13 heteroatoms. The van der Waals surface area contributed by atoms with Gasteiger partial charge >= 0.3 is 5.97 Å². The molecule has 0 fully saturated rings. The number of hydrogen-bond acceptors (Lipinski definition) is 8. The Morgan fingerprint density at radius 1 is 0.918 bits per heavy atom. The van der Waals surface area contributed by atoms with Crippen LogP contribution in [-0.2, 0) is 16.1 Å². The summed E-state index contributed by atoms with van der Waals surface area (Å²) in [6.45, 7) is 6.04. The van der Waals surface area contributed by atoms with Crippen LogP contribution >= 0.6 is 57.7 Å². The van der Waals surface area contributed by atoms with Crippen LogP contribution in [-0.4, -0.2) is 23.8 Å². The summed E-state index contributed by atoms with van der Waals surface area (Å²) in [5.74, 6) is 1.26. The number of carbonyl (C=O) groups excluding carboxylic acids is 1. The fourth-order valence-corrected chi connectivity index (χ4v) is 7.12. The van der Waals surface area contributed by atoms with Gasteiger partial charge in [-0.25, -0.2) is 9.79 Å². The van der Waals surface area contributed by atoms with Gasteiger partial charge in [0.05, 0.1) is 39.1 Å². The number of nitrogens with zero attached hydrogens (tertiary/aromatic N) is 2. The average molecular weight is 759 g/mol. The number of furan rings is 1. The Hall–Kier alpha value is -3.99. The predicted octanol–water partition coefficient (Wildman–Crippen LogP) is 8.65. The number of thiazole rings is 1. The molecule has 0 bridgehead atoms. The van der Waals surface area contributed by atoms with Crippen LogP contribution in [0.4, 0.5) is 0 Å². The summed E-state index contributed by atoms with van der Waals surface area (Å²) in [5, 5.41) is 1.81. The van der Waals surface area contributed by atoms with Crippen LogP contribution in [0.1, 0.15) is 43.7 Å². The van der Waals surface area contributed by atoms with Gasteiger partial charge in [0.25, 0.3) is 5.56 Å². The molecule has 0 N–H and O–H groups in total. The summed E-state index contributed by atoms with van der Waals surface area (Å²) in [6, 6.07) is 18.3. The third-order valence-electron chi connectivity index (χ3n) is 7.58. The van der Waals surface area contributed by atoms with Gasteiger partial charge < -0.3 is 18.6 Å². The molecule has 0 unspecified atom stereocenters. The van der Waals surface area contributed by atoms with Crippen LogP contribution in [0.15, 0.2) is 92.2 Å². The van der Waals surface area contributed by atoms with E-state index in [0.29, 0.717) is 75.9 Å². The first-order valence-electron chi connectivity index (χ1n) is 15.2. The highest BCUT2D eigenvalue weighted by molar-refractivity contribution is 7.07. The van der Waals surface area contributed by atoms with Crippen LogP contribution in [0.3, 0.4) is 0 Å². The van der Waals surface area contributed by atoms with Gasteiger partial charge in [0.15, 0.2) is 16.3 Å². The summed E-state index contributed by atoms with van der Waals surface area (Å²) in [4.78, 5) is 32.5. The molecule has 0 saturated heterocycles. The van der Waals surface area contributed by atoms with E-state index in [4.69, 9.17) is 65.0 Å². The van der Waals surface area contributed by atoms with Gasteiger partial charge in [-0.15, -0.1) is 0 Å². The molecule has 252 valence electrons. The molecular weight excluding hydrogens is 730 g/mol. The van der Waals surface area contributed by atoms with Crippen molar-refractivity contribution in [2.45, 2.75) is 33.4 Å². The van der Waals surface area contributed by atoms with Crippen molar-refractivity contribution in [3.05, 3.63) is 135 Å². The minimum Gasteiger partial charge on any atom is -0.490 e. The number of aromatic nitrogens is 1. The molecule has 6 rings (SSSR count). The fraction of sp³-hybridized carbons (Fsp3) is 0.194. The van der Waals surface area contributed by atoms with Gasteiger partial charge in [-0.05, 0) is 87.0 Å². The largest absolute Gasteiger partial charge is 0.490 e. The molecular formula is C36H28Cl4N2O6S. The first kappa shape index (κ1) is 34.9. The lowest BCUT2D eigenvalue weighted by atomic mass is 10.0. The van der Waals surface area contributed by atoms with Crippen molar-refractivity contribution in [3.63, 3.8) is 0 Å². The molecule has 3 heterocycles. The van der Waals surface area contributed by atoms with Crippen molar-refractivity contribution in [1.29, 1.82) is 0 Å². The van der Waals surface area contributed by atoms with Crippen molar-refractivity contribution in [2.75, 3.05) is 13.2 Å². The molecule has 8 nitrogen and oxygen atoms in total. The van der Waals surface area contributed by atoms with Gasteiger partial charge in [0.1, 0.15) is 24.2 Å². The number of hydrogen-bond donors (Lipinski definition) is 0. The van der Waals surface area contributed by atoms with Crippen LogP contribution in [0, 0.1) is 0 Å². The summed E-state index contributed by atoms with van der Waals surface area (Å²) in [7, 11) is 0. The summed E-state index contributed by atoms with van der Waals surface area (Å²) >= 11 is 25.9. The first-order chi connectivity index (χ1) is 23.6. The highest BCUT2D eigenvalue weighted by Gasteiger charge is 2.35. The molecule has 1 atom stereocenters. The van der Waals surface area contributed by atoms with E-state index in [1.165, 1.54) is 15.9 Å². The molecule has 3 aromatic carbocycles. The van der Waals surface area contributed by atoms with E-state index >= 15 is 0 Å². The van der Waals surface area contributed by atoms with E-state index in [0.717, 1.165) is 5.56 Å². The summed E-state index contributed by atoms with van der Waals surface area (Å²) in [5.41, 5.74) is 2.42. The second-order valence-corrected chi connectivity index (χ2v) is 13.5. The standard InChI is InChI=1S/C36H28Cl4N2O6S/c1-4-45-30-14-20(6-11-28(30)47-18-22-7-9-23(37)17-25(22)39)15-31-34(43)42-33(32(35(44)46-5-2)19(3)41-36(42)49-31)29-13-12-27(48-29)21-8-10-24(38)26(40)16-21/h6-17,33H,4-5,18H2,1-3H3/b31-15-/t33-/m0/s1. The Morgan fingerprint density at radius 3 is 2.47 bits per heavy atom. The molecule has 0 radical (unpaired) electrons. The molecule has 1 aliphatic heterocycles. The predicted molar refractivity (Wildman–Crippen MR) is 193 cm³/mol. The maximum Gasteiger partial charge on any atom is 0.338 e. The molecule has 0 amide bonds. The Kier molecular flexibility index (Phi) is 10.6. The summed E-state index contributed by atoms with van der Waals surface area (Å²) < 4.78 is 25.5. The second kappa shape index (κ2) is 14.9. The lowest BCUT2D eigenvalue weighted by Gasteiger charge is -2.22. The Bertz CT molecular complexity index is 2290. The first-order valence-corrected chi connectivity index (χ1v) is 17.5. The third-order valence-corrected chi connectivity index (χ3v) is 9.89. The number of fused-ring (bicyclic) bond motifs is 1. The maximum atomic E-state index is 14.1. The highest BCUT2D eigenvalue weighted by Crippen LogP contribution is 2.36. The second-order valence-electron chi connectivity index (χ2n) is 10.8. The van der Waals surface area contributed by atoms with Crippen molar-refractivity contribution >= 4 is 69.8 Å². The van der Waals surface area contributed by atoms with Crippen LogP contribution < -0.4 is 24.4 Å². The molecule has 49 heavy (non-hydrogen) atoms. The lowest BCUT2D eigenvalue weighted by molar-refractivity contribution is -0.139. The van der Waals surface area contributed by atoms with Crippen LogP contribution in [0.25, 0.3) is 17.4 Å². The monoisotopic (exact) mass is 756 g/mol. The quantitative estimate of drug-likeness (QED) is 0.133. The van der Waals surface area contributed by atoms with E-state index in [-0.39, 0.29) is 24.3 Å². The Morgan fingerprint density at radius 2 is 1.73 bits per heavy atom. The van der Waals surface area contributed by atoms with Crippen molar-refractivity contribution in [1.82, 2.24) is 4.57 Å². The van der Waals surface area contributed by atoms with E-state index in [9.17, 15) is 9.59 Å². The zero-order valence-corrected chi connectivity index (χ0v) is 30.2. The summed E-state index contributed by atoms with van der Waals surface area (Å²) in [6.07, 6.45) is 1.75. The Balaban J connectivity index is 1.39. The number of esters is 1. The van der Waals surface area contributed by atoms with E-state index < -0.39 is 12.0 Å². The van der Waals surface area contributed by atoms with Gasteiger partial charge in [-0.2, -0.15) is 0 Å². The fourth-order valence-electron chi connectivity index (χ4n) is 5.31.